The highest BCUT2D eigenvalue weighted by atomic mass is 16.4. The first-order valence-corrected chi connectivity index (χ1v) is 9.73. The van der Waals surface area contributed by atoms with Crippen LogP contribution in [0, 0.1) is 0 Å². The number of allylic oxidation sites excluding steroid dienone is 1. The minimum absolute atomic E-state index is 0.0584. The number of hydrogen-bond donors (Lipinski definition) is 1. The summed E-state index contributed by atoms with van der Waals surface area (Å²) in [5.74, 6) is -0.799. The number of benzene rings is 2. The fraction of sp³-hybridized carbons (Fsp3) is 0.400. The molecular formula is C25H30O2. The van der Waals surface area contributed by atoms with E-state index in [1.165, 1.54) is 35.1 Å². The Balaban J connectivity index is 1.97. The molecule has 2 heteroatoms. The first-order chi connectivity index (χ1) is 12.6. The molecule has 2 nitrogen and oxygen atoms in total. The molecule has 0 bridgehead atoms. The van der Waals surface area contributed by atoms with Gasteiger partial charge in [0.05, 0.1) is 6.42 Å². The van der Waals surface area contributed by atoms with Crippen molar-refractivity contribution in [2.45, 2.75) is 64.7 Å². The minimum atomic E-state index is -0.799. The van der Waals surface area contributed by atoms with Gasteiger partial charge in [-0.2, -0.15) is 0 Å². The summed E-state index contributed by atoms with van der Waals surface area (Å²) in [7, 11) is 0. The SMILES string of the molecule is CC(=Cc1cccc(CC(=O)O)c1)c1ccc2c(c1)C(C)(C)CCC2(C)C. The van der Waals surface area contributed by atoms with Crippen molar-refractivity contribution in [2.24, 2.45) is 0 Å². The molecule has 142 valence electrons. The number of carbonyl (C=O) groups is 1. The van der Waals surface area contributed by atoms with Gasteiger partial charge in [0.2, 0.25) is 0 Å². The highest BCUT2D eigenvalue weighted by Crippen LogP contribution is 2.46. The molecule has 0 fully saturated rings. The third-order valence-electron chi connectivity index (χ3n) is 6.00. The summed E-state index contributed by atoms with van der Waals surface area (Å²) >= 11 is 0. The predicted octanol–water partition coefficient (Wildman–Crippen LogP) is 6.22. The Morgan fingerprint density at radius 1 is 1.00 bits per heavy atom. The Labute approximate surface area is 162 Å². The second kappa shape index (κ2) is 6.99. The van der Waals surface area contributed by atoms with E-state index < -0.39 is 5.97 Å². The van der Waals surface area contributed by atoms with Crippen LogP contribution in [0.4, 0.5) is 0 Å². The van der Waals surface area contributed by atoms with Crippen molar-refractivity contribution < 1.29 is 9.90 Å². The molecule has 0 heterocycles. The molecule has 0 unspecified atom stereocenters. The molecule has 27 heavy (non-hydrogen) atoms. The zero-order valence-corrected chi connectivity index (χ0v) is 17.1. The van der Waals surface area contributed by atoms with Crippen molar-refractivity contribution in [3.05, 3.63) is 70.3 Å². The Hall–Kier alpha value is -2.35. The lowest BCUT2D eigenvalue weighted by Crippen LogP contribution is -2.33. The molecule has 0 aromatic heterocycles. The van der Waals surface area contributed by atoms with Crippen molar-refractivity contribution in [3.8, 4) is 0 Å². The maximum atomic E-state index is 11.0. The van der Waals surface area contributed by atoms with E-state index in [2.05, 4.69) is 58.9 Å². The summed E-state index contributed by atoms with van der Waals surface area (Å²) in [5, 5.41) is 9.01. The van der Waals surface area contributed by atoms with Crippen LogP contribution in [0.3, 0.4) is 0 Å². The molecule has 0 saturated heterocycles. The Kier molecular flexibility index (Phi) is 5.03. The van der Waals surface area contributed by atoms with E-state index >= 15 is 0 Å². The van der Waals surface area contributed by atoms with Crippen LogP contribution in [0.2, 0.25) is 0 Å². The monoisotopic (exact) mass is 362 g/mol. The topological polar surface area (TPSA) is 37.3 Å². The average Bonchev–Trinajstić information content (AvgIpc) is 2.58. The van der Waals surface area contributed by atoms with Crippen LogP contribution in [0.5, 0.6) is 0 Å². The van der Waals surface area contributed by atoms with Gasteiger partial charge >= 0.3 is 5.97 Å². The van der Waals surface area contributed by atoms with Gasteiger partial charge in [-0.15, -0.1) is 0 Å². The van der Waals surface area contributed by atoms with E-state index in [-0.39, 0.29) is 17.3 Å². The zero-order chi connectivity index (χ0) is 19.8. The van der Waals surface area contributed by atoms with Crippen LogP contribution < -0.4 is 0 Å². The van der Waals surface area contributed by atoms with Crippen molar-refractivity contribution in [2.75, 3.05) is 0 Å². The summed E-state index contributed by atoms with van der Waals surface area (Å²) in [6.45, 7) is 11.5. The number of fused-ring (bicyclic) bond motifs is 1. The fourth-order valence-corrected chi connectivity index (χ4v) is 4.13. The third kappa shape index (κ3) is 4.16. The number of rotatable bonds is 4. The molecule has 3 rings (SSSR count). The summed E-state index contributed by atoms with van der Waals surface area (Å²) in [4.78, 5) is 11.0. The van der Waals surface area contributed by atoms with Gasteiger partial charge in [-0.25, -0.2) is 0 Å². The summed E-state index contributed by atoms with van der Waals surface area (Å²) in [5.41, 5.74) is 7.67. The van der Waals surface area contributed by atoms with Gasteiger partial charge in [0.1, 0.15) is 0 Å². The lowest BCUT2D eigenvalue weighted by Gasteiger charge is -2.42. The van der Waals surface area contributed by atoms with Crippen molar-refractivity contribution >= 4 is 17.6 Å². The van der Waals surface area contributed by atoms with Gasteiger partial charge < -0.3 is 5.11 Å². The van der Waals surface area contributed by atoms with Crippen LogP contribution in [0.15, 0.2) is 42.5 Å². The maximum Gasteiger partial charge on any atom is 0.307 e. The second-order valence-corrected chi connectivity index (χ2v) is 9.17. The summed E-state index contributed by atoms with van der Waals surface area (Å²) < 4.78 is 0. The van der Waals surface area contributed by atoms with Crippen LogP contribution in [0.1, 0.15) is 75.3 Å². The van der Waals surface area contributed by atoms with Gasteiger partial charge in [0.15, 0.2) is 0 Å². The zero-order valence-electron chi connectivity index (χ0n) is 17.1. The van der Waals surface area contributed by atoms with Crippen LogP contribution >= 0.6 is 0 Å². The second-order valence-electron chi connectivity index (χ2n) is 9.17. The van der Waals surface area contributed by atoms with Gasteiger partial charge in [-0.05, 0) is 64.0 Å². The maximum absolute atomic E-state index is 11.0. The number of aliphatic carboxylic acids is 1. The van der Waals surface area contributed by atoms with Crippen LogP contribution in [-0.4, -0.2) is 11.1 Å². The lowest BCUT2D eigenvalue weighted by atomic mass is 9.63. The van der Waals surface area contributed by atoms with Gasteiger partial charge in [-0.1, -0.05) is 76.2 Å². The van der Waals surface area contributed by atoms with E-state index in [0.717, 1.165) is 11.1 Å². The van der Waals surface area contributed by atoms with E-state index in [0.29, 0.717) is 0 Å². The number of hydrogen-bond acceptors (Lipinski definition) is 1. The molecule has 1 N–H and O–H groups in total. The highest BCUT2D eigenvalue weighted by Gasteiger charge is 2.36. The molecule has 0 aliphatic heterocycles. The number of carboxylic acids is 1. The molecule has 0 amide bonds. The number of carboxylic acid groups (broad SMARTS) is 1. The van der Waals surface area contributed by atoms with E-state index in [4.69, 9.17) is 5.11 Å². The van der Waals surface area contributed by atoms with E-state index in [1.807, 2.05) is 24.3 Å². The largest absolute Gasteiger partial charge is 0.481 e. The standard InChI is InChI=1S/C25H30O2/c1-17(13-18-7-6-8-19(14-18)15-23(26)27)20-9-10-21-22(16-20)25(4,5)12-11-24(21,2)3/h6-10,13-14,16H,11-12,15H2,1-5H3,(H,26,27). The molecule has 0 saturated carbocycles. The quantitative estimate of drug-likeness (QED) is 0.655. The van der Waals surface area contributed by atoms with Crippen molar-refractivity contribution in [1.29, 1.82) is 0 Å². The van der Waals surface area contributed by atoms with Crippen LogP contribution in [-0.2, 0) is 22.0 Å². The third-order valence-corrected chi connectivity index (χ3v) is 6.00. The highest BCUT2D eigenvalue weighted by molar-refractivity contribution is 5.81. The van der Waals surface area contributed by atoms with Crippen molar-refractivity contribution in [3.63, 3.8) is 0 Å². The molecule has 1 aliphatic rings. The van der Waals surface area contributed by atoms with Crippen LogP contribution in [0.25, 0.3) is 11.6 Å². The molecule has 1 aliphatic carbocycles. The first-order valence-electron chi connectivity index (χ1n) is 9.73. The molecule has 2 aromatic carbocycles. The summed E-state index contributed by atoms with van der Waals surface area (Å²) in [6, 6.07) is 14.7. The van der Waals surface area contributed by atoms with Crippen molar-refractivity contribution in [1.82, 2.24) is 0 Å². The Bertz CT molecular complexity index is 900. The fourth-order valence-electron chi connectivity index (χ4n) is 4.13. The minimum Gasteiger partial charge on any atom is -0.481 e. The van der Waals surface area contributed by atoms with E-state index in [9.17, 15) is 4.79 Å². The van der Waals surface area contributed by atoms with Gasteiger partial charge in [-0.3, -0.25) is 4.79 Å². The molecule has 0 spiro atoms. The van der Waals surface area contributed by atoms with Gasteiger partial charge in [0.25, 0.3) is 0 Å². The smallest absolute Gasteiger partial charge is 0.307 e. The first kappa shape index (κ1) is 19.4. The average molecular weight is 363 g/mol. The van der Waals surface area contributed by atoms with E-state index in [1.54, 1.807) is 0 Å². The molecule has 2 aromatic rings. The Morgan fingerprint density at radius 2 is 1.67 bits per heavy atom. The molecule has 0 radical (unpaired) electrons. The molecule has 0 atom stereocenters. The molecular weight excluding hydrogens is 332 g/mol. The Morgan fingerprint density at radius 3 is 2.33 bits per heavy atom. The van der Waals surface area contributed by atoms with Gasteiger partial charge in [0, 0.05) is 0 Å². The predicted molar refractivity (Wildman–Crippen MR) is 113 cm³/mol. The normalized spacial score (nSPS) is 18.0. The lowest BCUT2D eigenvalue weighted by molar-refractivity contribution is -0.136. The summed E-state index contributed by atoms with van der Waals surface area (Å²) in [6.07, 6.45) is 4.63.